The van der Waals surface area contributed by atoms with E-state index in [4.69, 9.17) is 4.42 Å². The van der Waals surface area contributed by atoms with Gasteiger partial charge in [0.25, 0.3) is 0 Å². The Bertz CT molecular complexity index is 1040. The molecule has 1 amide bonds. The van der Waals surface area contributed by atoms with Gasteiger partial charge < -0.3 is 9.73 Å². The standard InChI is InChI=1S/C23H18FNO2/c24-19-12-6-4-10-17(19)15-22(26)25-23(16-8-2-1-3-9-16)21-14-18-11-5-7-13-20(18)27-21/h1-14,23H,15H2,(H,25,26)/t23-/m0/s1. The van der Waals surface area contributed by atoms with Gasteiger partial charge >= 0.3 is 0 Å². The molecule has 1 aromatic heterocycles. The van der Waals surface area contributed by atoms with E-state index in [1.54, 1.807) is 18.2 Å². The van der Waals surface area contributed by atoms with E-state index >= 15 is 0 Å². The molecule has 1 atom stereocenters. The molecule has 4 heteroatoms. The van der Waals surface area contributed by atoms with Gasteiger partial charge in [-0.25, -0.2) is 4.39 Å². The molecule has 1 N–H and O–H groups in total. The fourth-order valence-corrected chi connectivity index (χ4v) is 3.14. The van der Waals surface area contributed by atoms with Crippen LogP contribution in [-0.2, 0) is 11.2 Å². The predicted octanol–water partition coefficient (Wildman–Crippen LogP) is 5.02. The summed E-state index contributed by atoms with van der Waals surface area (Å²) in [6, 6.07) is 25.1. The largest absolute Gasteiger partial charge is 0.459 e. The van der Waals surface area contributed by atoms with Crippen LogP contribution in [0, 0.1) is 5.82 Å². The molecule has 4 rings (SSSR count). The number of carbonyl (C=O) groups excluding carboxylic acids is 1. The summed E-state index contributed by atoms with van der Waals surface area (Å²) >= 11 is 0. The Morgan fingerprint density at radius 1 is 0.926 bits per heavy atom. The van der Waals surface area contributed by atoms with Gasteiger partial charge in [0, 0.05) is 5.39 Å². The lowest BCUT2D eigenvalue weighted by Crippen LogP contribution is -2.30. The van der Waals surface area contributed by atoms with Crippen LogP contribution in [0.25, 0.3) is 11.0 Å². The van der Waals surface area contributed by atoms with Gasteiger partial charge in [0.1, 0.15) is 23.2 Å². The minimum atomic E-state index is -0.446. The molecule has 3 aromatic carbocycles. The lowest BCUT2D eigenvalue weighted by molar-refractivity contribution is -0.121. The van der Waals surface area contributed by atoms with Gasteiger partial charge in [0.2, 0.25) is 5.91 Å². The highest BCUT2D eigenvalue weighted by Gasteiger charge is 2.21. The van der Waals surface area contributed by atoms with E-state index in [0.717, 1.165) is 16.5 Å². The summed E-state index contributed by atoms with van der Waals surface area (Å²) in [6.07, 6.45) is -0.0315. The van der Waals surface area contributed by atoms with Crippen LogP contribution in [0.15, 0.2) is 89.3 Å². The number of nitrogens with one attached hydrogen (secondary N) is 1. The molecule has 27 heavy (non-hydrogen) atoms. The molecule has 0 bridgehead atoms. The van der Waals surface area contributed by atoms with E-state index in [0.29, 0.717) is 11.3 Å². The number of fused-ring (bicyclic) bond motifs is 1. The van der Waals surface area contributed by atoms with Gasteiger partial charge in [-0.3, -0.25) is 4.79 Å². The second kappa shape index (κ2) is 7.46. The molecule has 0 fully saturated rings. The zero-order chi connectivity index (χ0) is 18.6. The maximum absolute atomic E-state index is 13.9. The number of rotatable bonds is 5. The van der Waals surface area contributed by atoms with Crippen molar-refractivity contribution in [3.8, 4) is 0 Å². The molecule has 4 aromatic rings. The second-order valence-electron chi connectivity index (χ2n) is 6.37. The zero-order valence-corrected chi connectivity index (χ0v) is 14.6. The van der Waals surface area contributed by atoms with E-state index in [1.807, 2.05) is 60.7 Å². The molecule has 134 valence electrons. The normalized spacial score (nSPS) is 12.0. The van der Waals surface area contributed by atoms with Crippen molar-refractivity contribution in [3.05, 3.63) is 108 Å². The summed E-state index contributed by atoms with van der Waals surface area (Å²) in [7, 11) is 0. The number of hydrogen-bond donors (Lipinski definition) is 1. The SMILES string of the molecule is O=C(Cc1ccccc1F)N[C@@H](c1ccccc1)c1cc2ccccc2o1. The molecule has 0 unspecified atom stereocenters. The quantitative estimate of drug-likeness (QED) is 0.544. The third-order valence-electron chi connectivity index (χ3n) is 4.48. The van der Waals surface area contributed by atoms with E-state index in [9.17, 15) is 9.18 Å². The number of benzene rings is 3. The van der Waals surface area contributed by atoms with Gasteiger partial charge in [0.05, 0.1) is 6.42 Å². The molecule has 0 spiro atoms. The maximum atomic E-state index is 13.9. The fourth-order valence-electron chi connectivity index (χ4n) is 3.14. The Kier molecular flexibility index (Phi) is 4.71. The van der Waals surface area contributed by atoms with Crippen molar-refractivity contribution in [1.82, 2.24) is 5.32 Å². The molecule has 0 aliphatic rings. The maximum Gasteiger partial charge on any atom is 0.225 e. The summed E-state index contributed by atoms with van der Waals surface area (Å²) in [5, 5.41) is 3.96. The summed E-state index contributed by atoms with van der Waals surface area (Å²) < 4.78 is 19.8. The average Bonchev–Trinajstić information content (AvgIpc) is 3.12. The average molecular weight is 359 g/mol. The van der Waals surface area contributed by atoms with Crippen LogP contribution >= 0.6 is 0 Å². The molecule has 0 aliphatic heterocycles. The van der Waals surface area contributed by atoms with Crippen LogP contribution in [0.5, 0.6) is 0 Å². The molecule has 0 saturated carbocycles. The summed E-state index contributed by atoms with van der Waals surface area (Å²) in [5.74, 6) is -0.00802. The zero-order valence-electron chi connectivity index (χ0n) is 14.6. The Morgan fingerprint density at radius 3 is 2.41 bits per heavy atom. The fraction of sp³-hybridized carbons (Fsp3) is 0.0870. The van der Waals surface area contributed by atoms with E-state index < -0.39 is 6.04 Å². The number of hydrogen-bond acceptors (Lipinski definition) is 2. The highest BCUT2D eigenvalue weighted by atomic mass is 19.1. The first-order valence-electron chi connectivity index (χ1n) is 8.77. The third kappa shape index (κ3) is 3.75. The summed E-state index contributed by atoms with van der Waals surface area (Å²) in [6.45, 7) is 0. The second-order valence-corrected chi connectivity index (χ2v) is 6.37. The van der Waals surface area contributed by atoms with Crippen molar-refractivity contribution in [2.45, 2.75) is 12.5 Å². The minimum absolute atomic E-state index is 0.0315. The van der Waals surface area contributed by atoms with E-state index in [-0.39, 0.29) is 18.1 Å². The topological polar surface area (TPSA) is 42.2 Å². The Morgan fingerprint density at radius 2 is 1.63 bits per heavy atom. The molecular weight excluding hydrogens is 341 g/mol. The molecule has 0 radical (unpaired) electrons. The number of amides is 1. The minimum Gasteiger partial charge on any atom is -0.459 e. The highest BCUT2D eigenvalue weighted by molar-refractivity contribution is 5.81. The van der Waals surface area contributed by atoms with Crippen molar-refractivity contribution in [3.63, 3.8) is 0 Å². The Labute approximate surface area is 156 Å². The van der Waals surface area contributed by atoms with E-state index in [2.05, 4.69) is 5.32 Å². The number of furan rings is 1. The van der Waals surface area contributed by atoms with E-state index in [1.165, 1.54) is 6.07 Å². The number of carbonyl (C=O) groups is 1. The monoisotopic (exact) mass is 359 g/mol. The Hall–Kier alpha value is -3.40. The van der Waals surface area contributed by atoms with Crippen LogP contribution in [0.4, 0.5) is 4.39 Å². The van der Waals surface area contributed by atoms with Crippen LogP contribution in [-0.4, -0.2) is 5.91 Å². The van der Waals surface area contributed by atoms with Crippen molar-refractivity contribution in [2.75, 3.05) is 0 Å². The van der Waals surface area contributed by atoms with Crippen LogP contribution < -0.4 is 5.32 Å². The molecule has 0 saturated heterocycles. The predicted molar refractivity (Wildman–Crippen MR) is 103 cm³/mol. The smallest absolute Gasteiger partial charge is 0.225 e. The van der Waals surface area contributed by atoms with Crippen molar-refractivity contribution in [2.24, 2.45) is 0 Å². The molecule has 1 heterocycles. The summed E-state index contributed by atoms with van der Waals surface area (Å²) in [5.41, 5.74) is 2.03. The van der Waals surface area contributed by atoms with Gasteiger partial charge in [-0.05, 0) is 29.3 Å². The first kappa shape index (κ1) is 17.0. The van der Waals surface area contributed by atoms with Crippen molar-refractivity contribution >= 4 is 16.9 Å². The van der Waals surface area contributed by atoms with Gasteiger partial charge in [-0.15, -0.1) is 0 Å². The first-order valence-corrected chi connectivity index (χ1v) is 8.77. The third-order valence-corrected chi connectivity index (χ3v) is 4.48. The number of para-hydroxylation sites is 1. The molecular formula is C23H18FNO2. The van der Waals surface area contributed by atoms with Crippen molar-refractivity contribution < 1.29 is 13.6 Å². The first-order chi connectivity index (χ1) is 13.2. The lowest BCUT2D eigenvalue weighted by Gasteiger charge is -2.17. The van der Waals surface area contributed by atoms with Crippen LogP contribution in [0.3, 0.4) is 0 Å². The summed E-state index contributed by atoms with van der Waals surface area (Å²) in [4.78, 5) is 12.6. The van der Waals surface area contributed by atoms with Gasteiger partial charge in [-0.1, -0.05) is 66.7 Å². The molecule has 3 nitrogen and oxygen atoms in total. The van der Waals surface area contributed by atoms with Gasteiger partial charge in [0.15, 0.2) is 0 Å². The van der Waals surface area contributed by atoms with Crippen LogP contribution in [0.2, 0.25) is 0 Å². The van der Waals surface area contributed by atoms with Crippen molar-refractivity contribution in [1.29, 1.82) is 0 Å². The van der Waals surface area contributed by atoms with Crippen LogP contribution in [0.1, 0.15) is 22.9 Å². The molecule has 0 aliphatic carbocycles. The Balaban J connectivity index is 1.64. The lowest BCUT2D eigenvalue weighted by atomic mass is 10.0. The highest BCUT2D eigenvalue weighted by Crippen LogP contribution is 2.28. The number of halogens is 1. The van der Waals surface area contributed by atoms with Gasteiger partial charge in [-0.2, -0.15) is 0 Å².